The molecule has 0 aromatic heterocycles. The summed E-state index contributed by atoms with van der Waals surface area (Å²) in [6.07, 6.45) is 0.928. The molecule has 2 amide bonds. The van der Waals surface area contributed by atoms with E-state index in [-0.39, 0.29) is 35.5 Å². The Bertz CT molecular complexity index is 1740. The van der Waals surface area contributed by atoms with E-state index in [1.54, 1.807) is 30.3 Å². The molecule has 0 radical (unpaired) electrons. The molecule has 4 aromatic carbocycles. The van der Waals surface area contributed by atoms with Crippen molar-refractivity contribution in [2.75, 3.05) is 18.0 Å². The van der Waals surface area contributed by atoms with Crippen LogP contribution in [0.15, 0.2) is 112 Å². The predicted molar refractivity (Wildman–Crippen MR) is 185 cm³/mol. The molecule has 46 heavy (non-hydrogen) atoms. The van der Waals surface area contributed by atoms with Crippen LogP contribution >= 0.6 is 27.5 Å². The molecule has 0 fully saturated rings. The lowest BCUT2D eigenvalue weighted by Crippen LogP contribution is -2.54. The minimum atomic E-state index is -4.27. The number of carbonyl (C=O) groups is 2. The van der Waals surface area contributed by atoms with Crippen LogP contribution < -0.4 is 14.4 Å². The summed E-state index contributed by atoms with van der Waals surface area (Å²) in [6, 6.07) is 28.1. The van der Waals surface area contributed by atoms with Gasteiger partial charge < -0.3 is 15.0 Å². The Kier molecular flexibility index (Phi) is 12.3. The van der Waals surface area contributed by atoms with Crippen LogP contribution in [-0.2, 0) is 32.6 Å². The Labute approximate surface area is 284 Å². The van der Waals surface area contributed by atoms with Gasteiger partial charge in [0.15, 0.2) is 0 Å². The van der Waals surface area contributed by atoms with Gasteiger partial charge in [-0.15, -0.1) is 0 Å². The standard InChI is InChI=1S/C35H37BrClN3O5S/c1-4-25(2)38-35(42)33(21-26-10-6-5-7-11-26)39(23-27-12-8-13-28(36)20-27)34(41)24-40(30-15-9-14-29(37)22-30)46(43,44)32-18-16-31(45-3)17-19-32/h5-20,22,25,33H,4,21,23-24H2,1-3H3,(H,38,42)/t25-,33+/m1/s1. The third-order valence-electron chi connectivity index (χ3n) is 7.54. The number of halogens is 2. The van der Waals surface area contributed by atoms with Crippen LogP contribution in [0.3, 0.4) is 0 Å². The van der Waals surface area contributed by atoms with Gasteiger partial charge in [-0.05, 0) is 79.1 Å². The minimum absolute atomic E-state index is 0.0324. The van der Waals surface area contributed by atoms with Crippen LogP contribution in [0.4, 0.5) is 5.69 Å². The number of rotatable bonds is 14. The highest BCUT2D eigenvalue weighted by Crippen LogP contribution is 2.28. The topological polar surface area (TPSA) is 96.0 Å². The second kappa shape index (κ2) is 16.1. The van der Waals surface area contributed by atoms with Gasteiger partial charge in [0.05, 0.1) is 17.7 Å². The van der Waals surface area contributed by atoms with Gasteiger partial charge in [0, 0.05) is 28.5 Å². The average Bonchev–Trinajstić information content (AvgIpc) is 3.05. The van der Waals surface area contributed by atoms with Crippen LogP contribution in [0.5, 0.6) is 5.75 Å². The third-order valence-corrected chi connectivity index (χ3v) is 10.1. The molecule has 0 bridgehead atoms. The number of carbonyl (C=O) groups excluding carboxylic acids is 2. The van der Waals surface area contributed by atoms with Gasteiger partial charge in [0.25, 0.3) is 10.0 Å². The van der Waals surface area contributed by atoms with Crippen molar-refractivity contribution in [3.05, 3.63) is 124 Å². The van der Waals surface area contributed by atoms with Crippen LogP contribution in [0.25, 0.3) is 0 Å². The highest BCUT2D eigenvalue weighted by atomic mass is 79.9. The van der Waals surface area contributed by atoms with Crippen LogP contribution in [0, 0.1) is 0 Å². The van der Waals surface area contributed by atoms with Crippen molar-refractivity contribution in [2.45, 2.75) is 50.2 Å². The first-order chi connectivity index (χ1) is 22.0. The van der Waals surface area contributed by atoms with E-state index in [4.69, 9.17) is 16.3 Å². The van der Waals surface area contributed by atoms with Gasteiger partial charge in [0.2, 0.25) is 11.8 Å². The predicted octanol–water partition coefficient (Wildman–Crippen LogP) is 6.86. The number of methoxy groups -OCH3 is 1. The summed E-state index contributed by atoms with van der Waals surface area (Å²) in [5.74, 6) is -0.397. The molecular weight excluding hydrogens is 690 g/mol. The fraction of sp³-hybridized carbons (Fsp3) is 0.257. The molecule has 0 aliphatic carbocycles. The molecule has 0 unspecified atom stereocenters. The van der Waals surface area contributed by atoms with Crippen molar-refractivity contribution in [1.82, 2.24) is 10.2 Å². The molecule has 4 aromatic rings. The average molecular weight is 727 g/mol. The zero-order valence-corrected chi connectivity index (χ0v) is 29.1. The molecule has 0 saturated carbocycles. The molecule has 0 heterocycles. The quantitative estimate of drug-likeness (QED) is 0.153. The number of amides is 2. The minimum Gasteiger partial charge on any atom is -0.497 e. The number of hydrogen-bond acceptors (Lipinski definition) is 5. The van der Waals surface area contributed by atoms with Crippen LogP contribution in [0.2, 0.25) is 5.02 Å². The van der Waals surface area contributed by atoms with Crippen LogP contribution in [-0.4, -0.2) is 50.9 Å². The number of benzene rings is 4. The van der Waals surface area contributed by atoms with Crippen molar-refractivity contribution < 1.29 is 22.7 Å². The molecule has 2 atom stereocenters. The smallest absolute Gasteiger partial charge is 0.264 e. The monoisotopic (exact) mass is 725 g/mol. The van der Waals surface area contributed by atoms with E-state index in [0.717, 1.165) is 19.9 Å². The van der Waals surface area contributed by atoms with Crippen LogP contribution in [0.1, 0.15) is 31.4 Å². The highest BCUT2D eigenvalue weighted by molar-refractivity contribution is 9.10. The number of nitrogens with one attached hydrogen (secondary N) is 1. The molecule has 4 rings (SSSR count). The Balaban J connectivity index is 1.81. The molecular formula is C35H37BrClN3O5S. The summed E-state index contributed by atoms with van der Waals surface area (Å²) < 4.78 is 35.4. The largest absolute Gasteiger partial charge is 0.497 e. The molecule has 0 spiro atoms. The maximum absolute atomic E-state index is 14.5. The first-order valence-electron chi connectivity index (χ1n) is 14.8. The van der Waals surface area contributed by atoms with Crippen molar-refractivity contribution in [3.8, 4) is 5.75 Å². The maximum atomic E-state index is 14.5. The number of sulfonamides is 1. The summed E-state index contributed by atoms with van der Waals surface area (Å²) in [6.45, 7) is 3.36. The fourth-order valence-electron chi connectivity index (χ4n) is 4.86. The Morgan fingerprint density at radius 3 is 2.22 bits per heavy atom. The summed E-state index contributed by atoms with van der Waals surface area (Å²) in [4.78, 5) is 29.9. The second-order valence-corrected chi connectivity index (χ2v) is 14.1. The van der Waals surface area contributed by atoms with E-state index in [2.05, 4.69) is 21.2 Å². The van der Waals surface area contributed by atoms with Gasteiger partial charge in [-0.1, -0.05) is 83.0 Å². The van der Waals surface area contributed by atoms with Gasteiger partial charge in [-0.2, -0.15) is 0 Å². The SMILES string of the molecule is CC[C@@H](C)NC(=O)[C@H](Cc1ccccc1)N(Cc1cccc(Br)c1)C(=O)CN(c1cccc(Cl)c1)S(=O)(=O)c1ccc(OC)cc1. The zero-order valence-electron chi connectivity index (χ0n) is 25.9. The van der Waals surface area contributed by atoms with E-state index >= 15 is 0 Å². The Morgan fingerprint density at radius 1 is 0.913 bits per heavy atom. The lowest BCUT2D eigenvalue weighted by molar-refractivity contribution is -0.140. The number of ether oxygens (including phenoxy) is 1. The lowest BCUT2D eigenvalue weighted by atomic mass is 10.0. The normalized spacial score (nSPS) is 12.5. The molecule has 0 aliphatic heterocycles. The van der Waals surface area contributed by atoms with Gasteiger partial charge in [0.1, 0.15) is 18.3 Å². The van der Waals surface area contributed by atoms with E-state index < -0.39 is 28.5 Å². The third kappa shape index (κ3) is 9.11. The first-order valence-corrected chi connectivity index (χ1v) is 17.4. The van der Waals surface area contributed by atoms with Gasteiger partial charge in [-0.25, -0.2) is 8.42 Å². The lowest BCUT2D eigenvalue weighted by Gasteiger charge is -2.34. The molecule has 1 N–H and O–H groups in total. The number of hydrogen-bond donors (Lipinski definition) is 1. The summed E-state index contributed by atoms with van der Waals surface area (Å²) in [7, 11) is -2.78. The summed E-state index contributed by atoms with van der Waals surface area (Å²) in [5.41, 5.74) is 1.84. The highest BCUT2D eigenvalue weighted by Gasteiger charge is 2.35. The molecule has 8 nitrogen and oxygen atoms in total. The van der Waals surface area contributed by atoms with Crippen molar-refractivity contribution in [1.29, 1.82) is 0 Å². The zero-order chi connectivity index (χ0) is 33.3. The second-order valence-electron chi connectivity index (χ2n) is 10.8. The first kappa shape index (κ1) is 35.0. The van der Waals surface area contributed by atoms with E-state index in [1.807, 2.05) is 68.4 Å². The van der Waals surface area contributed by atoms with Crippen molar-refractivity contribution >= 4 is 55.1 Å². The molecule has 11 heteroatoms. The Hall–Kier alpha value is -3.86. The maximum Gasteiger partial charge on any atom is 0.264 e. The molecule has 0 saturated heterocycles. The van der Waals surface area contributed by atoms with Crippen molar-refractivity contribution in [3.63, 3.8) is 0 Å². The Morgan fingerprint density at radius 2 is 1.59 bits per heavy atom. The molecule has 242 valence electrons. The summed E-state index contributed by atoms with van der Waals surface area (Å²) in [5, 5.41) is 3.34. The van der Waals surface area contributed by atoms with E-state index in [9.17, 15) is 18.0 Å². The number of anilines is 1. The van der Waals surface area contributed by atoms with Gasteiger partial charge in [-0.3, -0.25) is 13.9 Å². The van der Waals surface area contributed by atoms with Crippen molar-refractivity contribution in [2.24, 2.45) is 0 Å². The summed E-state index contributed by atoms with van der Waals surface area (Å²) >= 11 is 9.80. The molecule has 0 aliphatic rings. The van der Waals surface area contributed by atoms with E-state index in [0.29, 0.717) is 17.2 Å². The number of nitrogens with zero attached hydrogens (tertiary/aromatic N) is 2. The van der Waals surface area contributed by atoms with E-state index in [1.165, 1.54) is 30.2 Å². The fourth-order valence-corrected chi connectivity index (χ4v) is 6.90. The van der Waals surface area contributed by atoms with Gasteiger partial charge >= 0.3 is 0 Å².